The molecule has 25 heavy (non-hydrogen) atoms. The van der Waals surface area contributed by atoms with E-state index in [2.05, 4.69) is 10.6 Å². The first-order valence-corrected chi connectivity index (χ1v) is 7.92. The van der Waals surface area contributed by atoms with Gasteiger partial charge in [0.15, 0.2) is 0 Å². The number of hydrogen-bond donors (Lipinski definition) is 2. The van der Waals surface area contributed by atoms with Crippen molar-refractivity contribution in [2.75, 3.05) is 5.32 Å². The van der Waals surface area contributed by atoms with Gasteiger partial charge in [0.2, 0.25) is 11.8 Å². The van der Waals surface area contributed by atoms with Crippen molar-refractivity contribution in [3.05, 3.63) is 70.8 Å². The molecule has 0 radical (unpaired) electrons. The number of benzene rings is 2. The molecular weight excluding hydrogens is 338 g/mol. The molecule has 0 aliphatic rings. The van der Waals surface area contributed by atoms with Gasteiger partial charge in [-0.25, -0.2) is 0 Å². The lowest BCUT2D eigenvalue weighted by molar-refractivity contribution is -0.120. The van der Waals surface area contributed by atoms with Gasteiger partial charge in [-0.2, -0.15) is 5.26 Å². The number of nitrogens with zero attached hydrogens (tertiary/aromatic N) is 1. The Morgan fingerprint density at radius 1 is 1.16 bits per heavy atom. The monoisotopic (exact) mass is 353 g/mol. The molecule has 2 rings (SSSR count). The normalized spacial score (nSPS) is 10.2. The molecule has 0 heterocycles. The van der Waals surface area contributed by atoms with E-state index >= 15 is 0 Å². The second-order valence-corrected chi connectivity index (χ2v) is 5.62. The zero-order chi connectivity index (χ0) is 18.1. The molecule has 126 valence electrons. The third-order valence-electron chi connectivity index (χ3n) is 3.22. The van der Waals surface area contributed by atoms with Crippen LogP contribution in [-0.4, -0.2) is 11.8 Å². The number of anilines is 1. The number of halogens is 1. The van der Waals surface area contributed by atoms with Crippen molar-refractivity contribution < 1.29 is 9.59 Å². The minimum Gasteiger partial charge on any atom is -0.351 e. The summed E-state index contributed by atoms with van der Waals surface area (Å²) in [5.41, 5.74) is 2.32. The van der Waals surface area contributed by atoms with E-state index in [1.54, 1.807) is 42.5 Å². The van der Waals surface area contributed by atoms with Crippen LogP contribution in [0.25, 0.3) is 6.08 Å². The Morgan fingerprint density at radius 2 is 1.92 bits per heavy atom. The fraction of sp³-hybridized carbons (Fsp3) is 0.105. The van der Waals surface area contributed by atoms with Crippen LogP contribution >= 0.6 is 11.6 Å². The molecule has 0 aromatic heterocycles. The topological polar surface area (TPSA) is 82.0 Å². The van der Waals surface area contributed by atoms with E-state index in [-0.39, 0.29) is 18.2 Å². The number of hydrogen-bond acceptors (Lipinski definition) is 3. The summed E-state index contributed by atoms with van der Waals surface area (Å²) < 4.78 is 0. The zero-order valence-corrected chi connectivity index (χ0v) is 14.1. The third-order valence-corrected chi connectivity index (χ3v) is 3.47. The number of rotatable bonds is 6. The first kappa shape index (κ1) is 18.2. The lowest BCUT2D eigenvalue weighted by Gasteiger charge is -2.07. The summed E-state index contributed by atoms with van der Waals surface area (Å²) in [5, 5.41) is 14.5. The highest BCUT2D eigenvalue weighted by Crippen LogP contribution is 2.12. The third kappa shape index (κ3) is 6.50. The maximum atomic E-state index is 12.0. The maximum absolute atomic E-state index is 12.0. The molecule has 0 spiro atoms. The van der Waals surface area contributed by atoms with Crippen LogP contribution < -0.4 is 10.6 Å². The summed E-state index contributed by atoms with van der Waals surface area (Å²) >= 11 is 5.81. The predicted molar refractivity (Wildman–Crippen MR) is 97.6 cm³/mol. The molecule has 0 unspecified atom stereocenters. The number of nitrogens with one attached hydrogen (secondary N) is 2. The minimum absolute atomic E-state index is 0.175. The van der Waals surface area contributed by atoms with E-state index in [0.29, 0.717) is 17.3 Å². The Morgan fingerprint density at radius 3 is 2.64 bits per heavy atom. The second-order valence-electron chi connectivity index (χ2n) is 5.19. The van der Waals surface area contributed by atoms with Gasteiger partial charge in [0.05, 0.1) is 6.07 Å². The average Bonchev–Trinajstić information content (AvgIpc) is 2.60. The van der Waals surface area contributed by atoms with Gasteiger partial charge >= 0.3 is 0 Å². The Bertz CT molecular complexity index is 823. The Hall–Kier alpha value is -3.10. The van der Waals surface area contributed by atoms with Crippen LogP contribution in [0.1, 0.15) is 17.5 Å². The smallest absolute Gasteiger partial charge is 0.248 e. The highest BCUT2D eigenvalue weighted by atomic mass is 35.5. The van der Waals surface area contributed by atoms with Gasteiger partial charge in [-0.15, -0.1) is 0 Å². The van der Waals surface area contributed by atoms with Gasteiger partial charge in [0.25, 0.3) is 0 Å². The lowest BCUT2D eigenvalue weighted by Crippen LogP contribution is -2.21. The van der Waals surface area contributed by atoms with Gasteiger partial charge in [0.1, 0.15) is 6.42 Å². The molecule has 0 saturated heterocycles. The van der Waals surface area contributed by atoms with Crippen molar-refractivity contribution in [3.8, 4) is 6.07 Å². The predicted octanol–water partition coefficient (Wildman–Crippen LogP) is 3.52. The van der Waals surface area contributed by atoms with Crippen LogP contribution in [0.3, 0.4) is 0 Å². The summed E-state index contributed by atoms with van der Waals surface area (Å²) in [7, 11) is 0. The quantitative estimate of drug-likeness (QED) is 0.779. The first-order valence-electron chi connectivity index (χ1n) is 7.54. The molecular formula is C19H16ClN3O2. The standard InChI is InChI=1S/C19H16ClN3O2/c20-16-7-4-14(5-8-16)6-9-19(25)23-17-3-1-2-15(12-17)13-22-18(24)10-11-21/h1-9,12H,10,13H2,(H,22,24)(H,23,25)/b9-6+. The number of amides is 2. The van der Waals surface area contributed by atoms with E-state index in [9.17, 15) is 9.59 Å². The number of carbonyl (C=O) groups excluding carboxylic acids is 2. The van der Waals surface area contributed by atoms with Crippen LogP contribution in [0.4, 0.5) is 5.69 Å². The molecule has 0 aliphatic heterocycles. The van der Waals surface area contributed by atoms with Crippen LogP contribution in [0.15, 0.2) is 54.6 Å². The highest BCUT2D eigenvalue weighted by Gasteiger charge is 2.02. The van der Waals surface area contributed by atoms with Crippen LogP contribution in [0.5, 0.6) is 0 Å². The fourth-order valence-electron chi connectivity index (χ4n) is 2.02. The molecule has 5 nitrogen and oxygen atoms in total. The summed E-state index contributed by atoms with van der Waals surface area (Å²) in [5.74, 6) is -0.594. The van der Waals surface area contributed by atoms with Crippen molar-refractivity contribution in [3.63, 3.8) is 0 Å². The molecule has 6 heteroatoms. The largest absolute Gasteiger partial charge is 0.351 e. The second kappa shape index (κ2) is 9.26. The van der Waals surface area contributed by atoms with Crippen molar-refractivity contribution in [1.29, 1.82) is 5.26 Å². The summed E-state index contributed by atoms with van der Waals surface area (Å²) in [6.07, 6.45) is 2.95. The van der Waals surface area contributed by atoms with Crippen molar-refractivity contribution >= 4 is 35.2 Å². The SMILES string of the molecule is N#CCC(=O)NCc1cccc(NC(=O)/C=C/c2ccc(Cl)cc2)c1. The molecule has 2 amide bonds. The van der Waals surface area contributed by atoms with Crippen LogP contribution in [0.2, 0.25) is 5.02 Å². The van der Waals surface area contributed by atoms with E-state index < -0.39 is 0 Å². The highest BCUT2D eigenvalue weighted by molar-refractivity contribution is 6.30. The van der Waals surface area contributed by atoms with Crippen molar-refractivity contribution in [2.45, 2.75) is 13.0 Å². The van der Waals surface area contributed by atoms with Crippen LogP contribution in [-0.2, 0) is 16.1 Å². The Labute approximate surface area is 150 Å². The van der Waals surface area contributed by atoms with E-state index in [0.717, 1.165) is 11.1 Å². The first-order chi connectivity index (χ1) is 12.1. The van der Waals surface area contributed by atoms with Gasteiger partial charge in [-0.05, 0) is 41.5 Å². The van der Waals surface area contributed by atoms with E-state index in [1.165, 1.54) is 6.08 Å². The maximum Gasteiger partial charge on any atom is 0.248 e. The van der Waals surface area contributed by atoms with Crippen molar-refractivity contribution in [1.82, 2.24) is 5.32 Å². The summed E-state index contributed by atoms with van der Waals surface area (Å²) in [6.45, 7) is 0.296. The Kier molecular flexibility index (Phi) is 6.76. The zero-order valence-electron chi connectivity index (χ0n) is 13.3. The van der Waals surface area contributed by atoms with Gasteiger partial charge in [-0.1, -0.05) is 35.9 Å². The molecule has 2 aromatic carbocycles. The van der Waals surface area contributed by atoms with Crippen molar-refractivity contribution in [2.24, 2.45) is 0 Å². The lowest BCUT2D eigenvalue weighted by atomic mass is 10.2. The van der Waals surface area contributed by atoms with E-state index in [4.69, 9.17) is 16.9 Å². The molecule has 0 bridgehead atoms. The van der Waals surface area contributed by atoms with Gasteiger partial charge < -0.3 is 10.6 Å². The molecule has 0 atom stereocenters. The average molecular weight is 354 g/mol. The number of nitriles is 1. The fourth-order valence-corrected chi connectivity index (χ4v) is 2.15. The van der Waals surface area contributed by atoms with Crippen LogP contribution in [0, 0.1) is 11.3 Å². The minimum atomic E-state index is -0.331. The van der Waals surface area contributed by atoms with Gasteiger partial charge in [0, 0.05) is 23.3 Å². The molecule has 0 saturated carbocycles. The molecule has 0 fully saturated rings. The molecule has 0 aliphatic carbocycles. The van der Waals surface area contributed by atoms with E-state index in [1.807, 2.05) is 18.2 Å². The van der Waals surface area contributed by atoms with Gasteiger partial charge in [-0.3, -0.25) is 9.59 Å². The molecule has 2 aromatic rings. The molecule has 2 N–H and O–H groups in total. The number of carbonyl (C=O) groups is 2. The summed E-state index contributed by atoms with van der Waals surface area (Å²) in [6, 6.07) is 16.1. The Balaban J connectivity index is 1.92. The summed E-state index contributed by atoms with van der Waals surface area (Å²) in [4.78, 5) is 23.3.